The highest BCUT2D eigenvalue weighted by molar-refractivity contribution is 4.84. The zero-order chi connectivity index (χ0) is 11.7. The third-order valence-corrected chi connectivity index (χ3v) is 3.44. The van der Waals surface area contributed by atoms with Crippen LogP contribution in [0.2, 0.25) is 0 Å². The van der Waals surface area contributed by atoms with E-state index in [0.717, 1.165) is 18.8 Å². The minimum absolute atomic E-state index is 0.201. The second-order valence-electron chi connectivity index (χ2n) is 6.59. The van der Waals surface area contributed by atoms with Gasteiger partial charge in [0.1, 0.15) is 0 Å². The highest BCUT2D eigenvalue weighted by Crippen LogP contribution is 2.41. The van der Waals surface area contributed by atoms with Gasteiger partial charge < -0.3 is 0 Å². The van der Waals surface area contributed by atoms with Crippen LogP contribution in [0.4, 0.5) is 0 Å². The Labute approximate surface area is 94.3 Å². The molecule has 0 saturated heterocycles. The molecule has 0 aliphatic heterocycles. The summed E-state index contributed by atoms with van der Waals surface area (Å²) in [5.41, 5.74) is 0.178. The second-order valence-corrected chi connectivity index (χ2v) is 6.59. The van der Waals surface area contributed by atoms with Crippen LogP contribution in [0, 0.1) is 11.3 Å². The zero-order valence-electron chi connectivity index (χ0n) is 11.1. The Hall–Kier alpha value is -0.0800. The minimum Gasteiger partial charge on any atom is -0.233 e. The molecule has 0 aromatic heterocycles. The van der Waals surface area contributed by atoms with Crippen molar-refractivity contribution in [2.75, 3.05) is 0 Å². The fourth-order valence-corrected chi connectivity index (χ4v) is 2.01. The Morgan fingerprint density at radius 2 is 1.73 bits per heavy atom. The summed E-state index contributed by atoms with van der Waals surface area (Å²) in [6, 6.07) is 0. The molecule has 0 aromatic carbocycles. The summed E-state index contributed by atoms with van der Waals surface area (Å²) in [7, 11) is 0. The van der Waals surface area contributed by atoms with Crippen molar-refractivity contribution in [3.63, 3.8) is 0 Å². The van der Waals surface area contributed by atoms with Crippen molar-refractivity contribution in [1.29, 1.82) is 0 Å². The van der Waals surface area contributed by atoms with Crippen molar-refractivity contribution in [2.45, 2.75) is 72.5 Å². The first-order valence-corrected chi connectivity index (χ1v) is 6.05. The molecule has 1 saturated carbocycles. The van der Waals surface area contributed by atoms with Gasteiger partial charge in [0.05, 0.1) is 11.7 Å². The molecule has 2 unspecified atom stereocenters. The highest BCUT2D eigenvalue weighted by Gasteiger charge is 2.35. The van der Waals surface area contributed by atoms with Crippen LogP contribution in [0.5, 0.6) is 0 Å². The summed E-state index contributed by atoms with van der Waals surface area (Å²) in [6.07, 6.45) is 3.74. The van der Waals surface area contributed by atoms with Gasteiger partial charge in [0.15, 0.2) is 0 Å². The van der Waals surface area contributed by atoms with E-state index >= 15 is 0 Å². The maximum Gasteiger partial charge on any atom is 0.0952 e. The predicted octanol–water partition coefficient (Wildman–Crippen LogP) is 3.95. The van der Waals surface area contributed by atoms with E-state index in [0.29, 0.717) is 5.41 Å². The third kappa shape index (κ3) is 4.12. The molecular formula is C13H26O2. The maximum absolute atomic E-state index is 5.53. The zero-order valence-corrected chi connectivity index (χ0v) is 11.1. The molecule has 1 rings (SSSR count). The highest BCUT2D eigenvalue weighted by atomic mass is 17.2. The van der Waals surface area contributed by atoms with Gasteiger partial charge in [0.25, 0.3) is 0 Å². The molecule has 0 amide bonds. The van der Waals surface area contributed by atoms with E-state index in [-0.39, 0.29) is 11.7 Å². The van der Waals surface area contributed by atoms with E-state index in [1.165, 1.54) is 6.42 Å². The van der Waals surface area contributed by atoms with Gasteiger partial charge in [0.2, 0.25) is 0 Å². The normalized spacial score (nSPS) is 31.6. The summed E-state index contributed by atoms with van der Waals surface area (Å²) < 4.78 is 0. The molecule has 2 atom stereocenters. The van der Waals surface area contributed by atoms with Crippen LogP contribution in [0.3, 0.4) is 0 Å². The van der Waals surface area contributed by atoms with Crippen LogP contribution in [0.1, 0.15) is 60.8 Å². The van der Waals surface area contributed by atoms with Crippen molar-refractivity contribution >= 4 is 0 Å². The van der Waals surface area contributed by atoms with Gasteiger partial charge in [-0.05, 0) is 51.4 Å². The summed E-state index contributed by atoms with van der Waals surface area (Å²) in [4.78, 5) is 10.9. The Morgan fingerprint density at radius 3 is 2.20 bits per heavy atom. The molecule has 0 aromatic rings. The quantitative estimate of drug-likeness (QED) is 0.512. The maximum atomic E-state index is 5.53. The fraction of sp³-hybridized carbons (Fsp3) is 1.00. The molecular weight excluding hydrogens is 188 g/mol. The SMILES string of the molecule is CC1CCC(OOC(C)(C)C)CC1(C)C. The first-order valence-electron chi connectivity index (χ1n) is 6.05. The van der Waals surface area contributed by atoms with Gasteiger partial charge in [-0.25, -0.2) is 9.78 Å². The van der Waals surface area contributed by atoms with Crippen LogP contribution in [0.25, 0.3) is 0 Å². The Morgan fingerprint density at radius 1 is 1.13 bits per heavy atom. The number of hydrogen-bond acceptors (Lipinski definition) is 2. The van der Waals surface area contributed by atoms with Crippen molar-refractivity contribution < 1.29 is 9.78 Å². The van der Waals surface area contributed by atoms with Gasteiger partial charge >= 0.3 is 0 Å². The van der Waals surface area contributed by atoms with Gasteiger partial charge in [-0.15, -0.1) is 0 Å². The van der Waals surface area contributed by atoms with E-state index in [1.807, 2.05) is 20.8 Å². The standard InChI is InChI=1S/C13H26O2/c1-10-7-8-11(9-13(10,5)6)14-15-12(2,3)4/h10-11H,7-9H2,1-6H3. The lowest BCUT2D eigenvalue weighted by Gasteiger charge is -2.40. The molecule has 1 aliphatic carbocycles. The number of rotatable bonds is 2. The van der Waals surface area contributed by atoms with E-state index in [4.69, 9.17) is 9.78 Å². The first-order chi connectivity index (χ1) is 6.71. The monoisotopic (exact) mass is 214 g/mol. The Balaban J connectivity index is 2.40. The first kappa shape index (κ1) is 13.0. The van der Waals surface area contributed by atoms with Crippen LogP contribution in [0.15, 0.2) is 0 Å². The lowest BCUT2D eigenvalue weighted by atomic mass is 9.69. The molecule has 0 bridgehead atoms. The summed E-state index contributed by atoms with van der Waals surface area (Å²) >= 11 is 0. The third-order valence-electron chi connectivity index (χ3n) is 3.44. The fourth-order valence-electron chi connectivity index (χ4n) is 2.01. The van der Waals surface area contributed by atoms with Gasteiger partial charge in [-0.1, -0.05) is 20.8 Å². The molecule has 90 valence electrons. The minimum atomic E-state index is -0.201. The van der Waals surface area contributed by atoms with E-state index < -0.39 is 0 Å². The molecule has 2 heteroatoms. The van der Waals surface area contributed by atoms with Gasteiger partial charge in [0, 0.05) is 0 Å². The van der Waals surface area contributed by atoms with Gasteiger partial charge in [-0.3, -0.25) is 0 Å². The molecule has 2 nitrogen and oxygen atoms in total. The molecule has 0 spiro atoms. The molecule has 15 heavy (non-hydrogen) atoms. The molecule has 1 fully saturated rings. The van der Waals surface area contributed by atoms with Crippen molar-refractivity contribution in [2.24, 2.45) is 11.3 Å². The van der Waals surface area contributed by atoms with Crippen LogP contribution in [-0.2, 0) is 9.78 Å². The van der Waals surface area contributed by atoms with E-state index in [9.17, 15) is 0 Å². The largest absolute Gasteiger partial charge is 0.233 e. The lowest BCUT2D eigenvalue weighted by Crippen LogP contribution is -2.36. The van der Waals surface area contributed by atoms with Crippen LogP contribution in [-0.4, -0.2) is 11.7 Å². The van der Waals surface area contributed by atoms with Gasteiger partial charge in [-0.2, -0.15) is 0 Å². The molecule has 1 aliphatic rings. The lowest BCUT2D eigenvalue weighted by molar-refractivity contribution is -0.380. The topological polar surface area (TPSA) is 18.5 Å². The average Bonchev–Trinajstić information content (AvgIpc) is 2.06. The van der Waals surface area contributed by atoms with Crippen LogP contribution < -0.4 is 0 Å². The Kier molecular flexibility index (Phi) is 3.83. The molecule has 0 N–H and O–H groups in total. The van der Waals surface area contributed by atoms with Crippen LogP contribution >= 0.6 is 0 Å². The van der Waals surface area contributed by atoms with E-state index in [2.05, 4.69) is 20.8 Å². The summed E-state index contributed by atoms with van der Waals surface area (Å²) in [5, 5.41) is 0. The summed E-state index contributed by atoms with van der Waals surface area (Å²) in [5.74, 6) is 0.784. The molecule has 0 radical (unpaired) electrons. The predicted molar refractivity (Wildman–Crippen MR) is 62.5 cm³/mol. The van der Waals surface area contributed by atoms with Crippen molar-refractivity contribution in [1.82, 2.24) is 0 Å². The van der Waals surface area contributed by atoms with E-state index in [1.54, 1.807) is 0 Å². The van der Waals surface area contributed by atoms with Crippen molar-refractivity contribution in [3.05, 3.63) is 0 Å². The summed E-state index contributed by atoms with van der Waals surface area (Å²) in [6.45, 7) is 13.0. The molecule has 0 heterocycles. The number of hydrogen-bond donors (Lipinski definition) is 0. The van der Waals surface area contributed by atoms with Crippen molar-refractivity contribution in [3.8, 4) is 0 Å². The smallest absolute Gasteiger partial charge is 0.0952 e. The Bertz CT molecular complexity index is 203. The average molecular weight is 214 g/mol. The second kappa shape index (κ2) is 4.42.